The van der Waals surface area contributed by atoms with Crippen LogP contribution in [-0.2, 0) is 9.84 Å². The fraction of sp³-hybridized carbons (Fsp3) is 0.333. The number of hydrogen-bond acceptors (Lipinski definition) is 4. The van der Waals surface area contributed by atoms with Crippen molar-refractivity contribution in [2.24, 2.45) is 4.99 Å². The van der Waals surface area contributed by atoms with E-state index in [1.165, 1.54) is 6.21 Å². The van der Waals surface area contributed by atoms with Crippen LogP contribution in [0.3, 0.4) is 0 Å². The molecule has 0 saturated heterocycles. The second-order valence-electron chi connectivity index (χ2n) is 2.43. The van der Waals surface area contributed by atoms with Crippen LogP contribution in [0.4, 0.5) is 0 Å². The largest absolute Gasteiger partial charge is 0.346 e. The summed E-state index contributed by atoms with van der Waals surface area (Å²) in [5.74, 6) is 0. The normalized spacial score (nSPS) is 19.6. The van der Waals surface area contributed by atoms with Crippen molar-refractivity contribution in [3.8, 4) is 0 Å². The van der Waals surface area contributed by atoms with Crippen molar-refractivity contribution in [2.45, 2.75) is 6.92 Å². The first-order chi connectivity index (χ1) is 5.41. The summed E-state index contributed by atoms with van der Waals surface area (Å²) in [6.45, 7) is 1.68. The van der Waals surface area contributed by atoms with Crippen molar-refractivity contribution in [3.63, 3.8) is 0 Å². The Hall–Kier alpha value is -0.550. The number of aliphatic imine (C=N–C) groups is 1. The van der Waals surface area contributed by atoms with Gasteiger partial charge in [0, 0.05) is 18.2 Å². The average Bonchev–Trinajstić information content (AvgIpc) is 1.92. The predicted molar refractivity (Wildman–Crippen MR) is 48.3 cm³/mol. The van der Waals surface area contributed by atoms with E-state index in [4.69, 9.17) is 11.6 Å². The Bertz CT molecular complexity index is 345. The smallest absolute Gasteiger partial charge is 0.291 e. The first-order valence-corrected chi connectivity index (χ1v) is 5.42. The minimum Gasteiger partial charge on any atom is -0.346 e. The van der Waals surface area contributed by atoms with Crippen LogP contribution < -0.4 is 5.32 Å². The number of halogens is 1. The lowest BCUT2D eigenvalue weighted by Gasteiger charge is -2.16. The lowest BCUT2D eigenvalue weighted by molar-refractivity contribution is 0.595. The van der Waals surface area contributed by atoms with E-state index >= 15 is 0 Å². The molecule has 1 aliphatic rings. The van der Waals surface area contributed by atoms with Crippen molar-refractivity contribution in [1.29, 1.82) is 0 Å². The summed E-state index contributed by atoms with van der Waals surface area (Å²) in [5.41, 5.74) is 0.525. The van der Waals surface area contributed by atoms with E-state index in [2.05, 4.69) is 10.3 Å². The molecule has 6 heteroatoms. The molecule has 1 radical (unpaired) electrons. The van der Waals surface area contributed by atoms with Crippen molar-refractivity contribution in [2.75, 3.05) is 6.26 Å². The van der Waals surface area contributed by atoms with Gasteiger partial charge >= 0.3 is 0 Å². The standard InChI is InChI=1S/C6H8ClN2O2S/c1-4-5(7)3-8-6(9-4)12(2,10)11/h3,9H,1-2H3. The third-order valence-electron chi connectivity index (χ3n) is 1.30. The molecule has 1 N–H and O–H groups in total. The highest BCUT2D eigenvalue weighted by molar-refractivity contribution is 7.93. The van der Waals surface area contributed by atoms with Crippen LogP contribution in [0.15, 0.2) is 15.7 Å². The van der Waals surface area contributed by atoms with Crippen LogP contribution in [0.2, 0.25) is 0 Å². The van der Waals surface area contributed by atoms with Gasteiger partial charge in [-0.2, -0.15) is 0 Å². The summed E-state index contributed by atoms with van der Waals surface area (Å²) < 4.78 is 21.9. The SMILES string of the molecule is CC1=C(Cl)C=N[C](S(C)(=O)=O)N1. The maximum Gasteiger partial charge on any atom is 0.291 e. The summed E-state index contributed by atoms with van der Waals surface area (Å²) in [7, 11) is -3.27. The molecule has 12 heavy (non-hydrogen) atoms. The molecule has 1 heterocycles. The topological polar surface area (TPSA) is 58.5 Å². The van der Waals surface area contributed by atoms with Crippen molar-refractivity contribution >= 4 is 27.7 Å². The fourth-order valence-electron chi connectivity index (χ4n) is 0.653. The lowest BCUT2D eigenvalue weighted by Crippen LogP contribution is -2.28. The number of rotatable bonds is 1. The van der Waals surface area contributed by atoms with Gasteiger partial charge in [0.25, 0.3) is 5.50 Å². The number of hydrogen-bond donors (Lipinski definition) is 1. The van der Waals surface area contributed by atoms with E-state index in [1.807, 2.05) is 0 Å². The third-order valence-corrected chi connectivity index (χ3v) is 2.59. The molecule has 67 valence electrons. The fourth-order valence-corrected chi connectivity index (χ4v) is 1.33. The molecule has 1 rings (SSSR count). The molecule has 1 aliphatic heterocycles. The monoisotopic (exact) mass is 207 g/mol. The molecule has 0 aromatic rings. The molecular weight excluding hydrogens is 200 g/mol. The molecule has 0 saturated carbocycles. The van der Waals surface area contributed by atoms with E-state index in [9.17, 15) is 8.42 Å². The van der Waals surface area contributed by atoms with E-state index in [0.29, 0.717) is 10.7 Å². The van der Waals surface area contributed by atoms with Crippen LogP contribution in [-0.4, -0.2) is 20.9 Å². The summed E-state index contributed by atoms with van der Waals surface area (Å²) >= 11 is 5.64. The molecule has 0 aromatic carbocycles. The maximum absolute atomic E-state index is 11.0. The number of nitrogens with zero attached hydrogens (tertiary/aromatic N) is 1. The Labute approximate surface area is 76.2 Å². The summed E-state index contributed by atoms with van der Waals surface area (Å²) in [6, 6.07) is 0. The Kier molecular flexibility index (Phi) is 2.44. The van der Waals surface area contributed by atoms with E-state index in [-0.39, 0.29) is 5.50 Å². The summed E-state index contributed by atoms with van der Waals surface area (Å²) in [5, 5.41) is 3.00. The zero-order chi connectivity index (χ0) is 9.35. The van der Waals surface area contributed by atoms with Crippen LogP contribution in [0, 0.1) is 5.50 Å². The van der Waals surface area contributed by atoms with Gasteiger partial charge in [-0.15, -0.1) is 0 Å². The minimum atomic E-state index is -3.27. The lowest BCUT2D eigenvalue weighted by atomic mass is 10.4. The minimum absolute atomic E-state index is 0.0654. The van der Waals surface area contributed by atoms with Gasteiger partial charge in [-0.05, 0) is 6.92 Å². The average molecular weight is 208 g/mol. The second-order valence-corrected chi connectivity index (χ2v) is 4.77. The molecular formula is C6H8ClN2O2S. The van der Waals surface area contributed by atoms with Gasteiger partial charge in [0.1, 0.15) is 0 Å². The van der Waals surface area contributed by atoms with Gasteiger partial charge in [0.05, 0.1) is 5.03 Å². The van der Waals surface area contributed by atoms with Crippen LogP contribution in [0.25, 0.3) is 0 Å². The van der Waals surface area contributed by atoms with E-state index in [0.717, 1.165) is 6.26 Å². The Morgan fingerprint density at radius 1 is 1.58 bits per heavy atom. The molecule has 0 aliphatic carbocycles. The van der Waals surface area contributed by atoms with Gasteiger partial charge in [0.15, 0.2) is 9.84 Å². The first kappa shape index (κ1) is 9.54. The zero-order valence-electron chi connectivity index (χ0n) is 6.63. The van der Waals surface area contributed by atoms with Gasteiger partial charge in [-0.25, -0.2) is 13.4 Å². The van der Waals surface area contributed by atoms with Gasteiger partial charge < -0.3 is 5.32 Å². The molecule has 0 amide bonds. The van der Waals surface area contributed by atoms with Gasteiger partial charge in [-0.3, -0.25) is 0 Å². The third kappa shape index (κ3) is 1.98. The van der Waals surface area contributed by atoms with Gasteiger partial charge in [-0.1, -0.05) is 11.6 Å². The first-order valence-electron chi connectivity index (χ1n) is 3.16. The second kappa shape index (κ2) is 3.06. The molecule has 0 fully saturated rings. The van der Waals surface area contributed by atoms with Crippen molar-refractivity contribution < 1.29 is 8.42 Å². The predicted octanol–water partition coefficient (Wildman–Crippen LogP) is 0.622. The number of allylic oxidation sites excluding steroid dienone is 2. The highest BCUT2D eigenvalue weighted by Crippen LogP contribution is 2.17. The molecule has 0 bridgehead atoms. The van der Waals surface area contributed by atoms with Crippen LogP contribution in [0.5, 0.6) is 0 Å². The molecule has 0 unspecified atom stereocenters. The highest BCUT2D eigenvalue weighted by Gasteiger charge is 2.24. The zero-order valence-corrected chi connectivity index (χ0v) is 8.20. The Balaban J connectivity index is 2.90. The van der Waals surface area contributed by atoms with E-state index < -0.39 is 9.84 Å². The molecule has 0 atom stereocenters. The highest BCUT2D eigenvalue weighted by atomic mass is 35.5. The summed E-state index contributed by atoms with van der Waals surface area (Å²) in [4.78, 5) is 3.63. The number of nitrogens with one attached hydrogen (secondary N) is 1. The van der Waals surface area contributed by atoms with Crippen LogP contribution in [0.1, 0.15) is 6.92 Å². The molecule has 0 aromatic heterocycles. The van der Waals surface area contributed by atoms with Crippen LogP contribution >= 0.6 is 11.6 Å². The Morgan fingerprint density at radius 3 is 2.58 bits per heavy atom. The van der Waals surface area contributed by atoms with Crippen molar-refractivity contribution in [3.05, 3.63) is 16.2 Å². The quantitative estimate of drug-likeness (QED) is 0.686. The van der Waals surface area contributed by atoms with Crippen molar-refractivity contribution in [1.82, 2.24) is 5.32 Å². The summed E-state index contributed by atoms with van der Waals surface area (Å²) in [6.07, 6.45) is 2.39. The van der Waals surface area contributed by atoms with E-state index in [1.54, 1.807) is 6.92 Å². The Morgan fingerprint density at radius 2 is 2.17 bits per heavy atom. The molecule has 4 nitrogen and oxygen atoms in total. The number of sulfone groups is 1. The maximum atomic E-state index is 11.0. The molecule has 0 spiro atoms. The van der Waals surface area contributed by atoms with Gasteiger partial charge in [0.2, 0.25) is 0 Å².